The van der Waals surface area contributed by atoms with Crippen molar-refractivity contribution < 1.29 is 4.79 Å². The van der Waals surface area contributed by atoms with E-state index in [1.807, 2.05) is 31.0 Å². The van der Waals surface area contributed by atoms with Crippen LogP contribution in [0.25, 0.3) is 0 Å². The first-order valence-corrected chi connectivity index (χ1v) is 6.66. The normalized spacial score (nSPS) is 19.9. The lowest BCUT2D eigenvalue weighted by Crippen LogP contribution is -2.47. The number of piperidine rings is 1. The van der Waals surface area contributed by atoms with Crippen LogP contribution < -0.4 is 5.32 Å². The van der Waals surface area contributed by atoms with Crippen molar-refractivity contribution in [1.29, 1.82) is 0 Å². The highest BCUT2D eigenvalue weighted by Gasteiger charge is 2.24. The van der Waals surface area contributed by atoms with Gasteiger partial charge in [-0.3, -0.25) is 4.79 Å². The summed E-state index contributed by atoms with van der Waals surface area (Å²) in [4.78, 5) is 14.5. The van der Waals surface area contributed by atoms with Crippen LogP contribution in [0, 0.1) is 13.8 Å². The number of amides is 1. The fraction of sp³-hybridized carbons (Fsp3) is 0.533. The van der Waals surface area contributed by atoms with Gasteiger partial charge in [-0.2, -0.15) is 0 Å². The van der Waals surface area contributed by atoms with Crippen LogP contribution in [0.5, 0.6) is 0 Å². The quantitative estimate of drug-likeness (QED) is 0.867. The summed E-state index contributed by atoms with van der Waals surface area (Å²) in [6.07, 6.45) is 2.25. The predicted octanol–water partition coefficient (Wildman–Crippen LogP) is 2.13. The molecule has 0 saturated carbocycles. The smallest absolute Gasteiger partial charge is 0.254 e. The molecule has 1 amide bonds. The van der Waals surface area contributed by atoms with Crippen LogP contribution in [-0.4, -0.2) is 37.0 Å². The number of rotatable bonds is 2. The van der Waals surface area contributed by atoms with E-state index >= 15 is 0 Å². The molecule has 1 saturated heterocycles. The highest BCUT2D eigenvalue weighted by Crippen LogP contribution is 2.18. The van der Waals surface area contributed by atoms with Crippen molar-refractivity contribution in [2.45, 2.75) is 32.7 Å². The van der Waals surface area contributed by atoms with Gasteiger partial charge >= 0.3 is 0 Å². The third kappa shape index (κ3) is 2.56. The van der Waals surface area contributed by atoms with Crippen molar-refractivity contribution in [2.24, 2.45) is 0 Å². The Balaban J connectivity index is 2.18. The molecule has 1 aromatic rings. The van der Waals surface area contributed by atoms with E-state index in [0.717, 1.165) is 37.1 Å². The zero-order valence-corrected chi connectivity index (χ0v) is 11.5. The molecule has 1 N–H and O–H groups in total. The number of aryl methyl sites for hydroxylation is 1. The van der Waals surface area contributed by atoms with Crippen LogP contribution in [0.3, 0.4) is 0 Å². The van der Waals surface area contributed by atoms with E-state index in [9.17, 15) is 4.79 Å². The van der Waals surface area contributed by atoms with Crippen molar-refractivity contribution in [3.05, 3.63) is 34.9 Å². The Morgan fingerprint density at radius 2 is 2.17 bits per heavy atom. The molecule has 1 unspecified atom stereocenters. The Morgan fingerprint density at radius 3 is 2.89 bits per heavy atom. The Bertz CT molecular complexity index is 442. The molecule has 0 radical (unpaired) electrons. The van der Waals surface area contributed by atoms with E-state index in [1.54, 1.807) is 0 Å². The van der Waals surface area contributed by atoms with Crippen molar-refractivity contribution in [3.8, 4) is 0 Å². The molecule has 1 atom stereocenters. The van der Waals surface area contributed by atoms with Crippen molar-refractivity contribution >= 4 is 5.91 Å². The van der Waals surface area contributed by atoms with Crippen LogP contribution in [0.15, 0.2) is 18.2 Å². The third-order valence-corrected chi connectivity index (χ3v) is 3.95. The lowest BCUT2D eigenvalue weighted by atomic mass is 10.00. The minimum atomic E-state index is 0.177. The molecule has 0 spiro atoms. The van der Waals surface area contributed by atoms with Gasteiger partial charge < -0.3 is 10.2 Å². The predicted molar refractivity (Wildman–Crippen MR) is 73.9 cm³/mol. The molecular weight excluding hydrogens is 224 g/mol. The lowest BCUT2D eigenvalue weighted by molar-refractivity contribution is 0.0697. The largest absolute Gasteiger partial charge is 0.337 e. The number of benzene rings is 1. The Hall–Kier alpha value is -1.35. The van der Waals surface area contributed by atoms with Gasteiger partial charge in [0.15, 0.2) is 0 Å². The van der Waals surface area contributed by atoms with Crippen LogP contribution in [-0.2, 0) is 0 Å². The van der Waals surface area contributed by atoms with Gasteiger partial charge in [0.05, 0.1) is 0 Å². The number of likely N-dealkylation sites (tertiary alicyclic amines) is 1. The summed E-state index contributed by atoms with van der Waals surface area (Å²) in [6, 6.07) is 6.40. The van der Waals surface area contributed by atoms with Crippen molar-refractivity contribution in [3.63, 3.8) is 0 Å². The molecule has 2 rings (SSSR count). The molecule has 3 nitrogen and oxygen atoms in total. The van der Waals surface area contributed by atoms with E-state index in [-0.39, 0.29) is 5.91 Å². The minimum absolute atomic E-state index is 0.177. The zero-order chi connectivity index (χ0) is 13.1. The average Bonchev–Trinajstić information content (AvgIpc) is 2.41. The number of carbonyl (C=O) groups excluding carboxylic acids is 1. The molecule has 18 heavy (non-hydrogen) atoms. The number of nitrogens with one attached hydrogen (secondary N) is 1. The Labute approximate surface area is 109 Å². The summed E-state index contributed by atoms with van der Waals surface area (Å²) in [7, 11) is 1.97. The second-order valence-electron chi connectivity index (χ2n) is 5.13. The molecule has 3 heteroatoms. The van der Waals surface area contributed by atoms with Gasteiger partial charge in [-0.05, 0) is 50.9 Å². The molecule has 1 aliphatic heterocycles. The number of hydrogen-bond acceptors (Lipinski definition) is 2. The zero-order valence-electron chi connectivity index (χ0n) is 11.5. The lowest BCUT2D eigenvalue weighted by Gasteiger charge is -2.33. The summed E-state index contributed by atoms with van der Waals surface area (Å²) < 4.78 is 0. The average molecular weight is 246 g/mol. The molecule has 0 aromatic heterocycles. The highest BCUT2D eigenvalue weighted by atomic mass is 16.2. The first-order valence-electron chi connectivity index (χ1n) is 6.66. The van der Waals surface area contributed by atoms with Crippen molar-refractivity contribution in [1.82, 2.24) is 10.2 Å². The number of likely N-dealkylation sites (N-methyl/N-ethyl adjacent to an activating group) is 1. The summed E-state index contributed by atoms with van der Waals surface area (Å²) >= 11 is 0. The number of hydrogen-bond donors (Lipinski definition) is 1. The minimum Gasteiger partial charge on any atom is -0.337 e. The van der Waals surface area contributed by atoms with Gasteiger partial charge in [0.2, 0.25) is 0 Å². The van der Waals surface area contributed by atoms with Gasteiger partial charge in [0.1, 0.15) is 0 Å². The van der Waals surface area contributed by atoms with E-state index in [0.29, 0.717) is 6.04 Å². The molecule has 0 aliphatic carbocycles. The van der Waals surface area contributed by atoms with E-state index in [4.69, 9.17) is 0 Å². The SMILES string of the molecule is CNC1CCCN(C(=O)c2cccc(C)c2C)C1. The van der Waals surface area contributed by atoms with Crippen LogP contribution >= 0.6 is 0 Å². The molecule has 1 aliphatic rings. The van der Waals surface area contributed by atoms with Gasteiger partial charge in [0.25, 0.3) is 5.91 Å². The van der Waals surface area contributed by atoms with E-state index in [2.05, 4.69) is 18.3 Å². The number of nitrogens with zero attached hydrogens (tertiary/aromatic N) is 1. The van der Waals surface area contributed by atoms with Crippen LogP contribution in [0.1, 0.15) is 34.3 Å². The second-order valence-corrected chi connectivity index (χ2v) is 5.13. The third-order valence-electron chi connectivity index (χ3n) is 3.95. The van der Waals surface area contributed by atoms with Crippen LogP contribution in [0.2, 0.25) is 0 Å². The molecular formula is C15H22N2O. The van der Waals surface area contributed by atoms with Gasteiger partial charge in [-0.15, -0.1) is 0 Å². The van der Waals surface area contributed by atoms with Gasteiger partial charge in [0, 0.05) is 24.7 Å². The van der Waals surface area contributed by atoms with E-state index < -0.39 is 0 Å². The Morgan fingerprint density at radius 1 is 1.39 bits per heavy atom. The fourth-order valence-electron chi connectivity index (χ4n) is 2.55. The van der Waals surface area contributed by atoms with Crippen molar-refractivity contribution in [2.75, 3.05) is 20.1 Å². The number of carbonyl (C=O) groups is 1. The maximum absolute atomic E-state index is 12.5. The summed E-state index contributed by atoms with van der Waals surface area (Å²) in [6.45, 7) is 5.79. The first kappa shape index (κ1) is 13.1. The second kappa shape index (κ2) is 5.53. The summed E-state index contributed by atoms with van der Waals surface area (Å²) in [5.74, 6) is 0.177. The molecule has 1 heterocycles. The molecule has 0 bridgehead atoms. The van der Waals surface area contributed by atoms with Gasteiger partial charge in [-0.25, -0.2) is 0 Å². The fourth-order valence-corrected chi connectivity index (χ4v) is 2.55. The maximum atomic E-state index is 12.5. The molecule has 1 fully saturated rings. The maximum Gasteiger partial charge on any atom is 0.254 e. The molecule has 1 aromatic carbocycles. The topological polar surface area (TPSA) is 32.3 Å². The standard InChI is InChI=1S/C15H22N2O/c1-11-6-4-8-14(12(11)2)15(18)17-9-5-7-13(10-17)16-3/h4,6,8,13,16H,5,7,9-10H2,1-3H3. The van der Waals surface area contributed by atoms with Crippen LogP contribution in [0.4, 0.5) is 0 Å². The summed E-state index contributed by atoms with van der Waals surface area (Å²) in [5, 5.41) is 3.27. The monoisotopic (exact) mass is 246 g/mol. The Kier molecular flexibility index (Phi) is 4.02. The molecule has 98 valence electrons. The first-order chi connectivity index (χ1) is 8.63. The van der Waals surface area contributed by atoms with E-state index in [1.165, 1.54) is 5.56 Å². The van der Waals surface area contributed by atoms with Gasteiger partial charge in [-0.1, -0.05) is 12.1 Å². The highest BCUT2D eigenvalue weighted by molar-refractivity contribution is 5.96. The summed E-state index contributed by atoms with van der Waals surface area (Å²) in [5.41, 5.74) is 3.14.